The van der Waals surface area contributed by atoms with Crippen LogP contribution in [0.3, 0.4) is 0 Å². The van der Waals surface area contributed by atoms with E-state index >= 15 is 0 Å². The van der Waals surface area contributed by atoms with Gasteiger partial charge in [-0.15, -0.1) is 0 Å². The molecule has 5 nitrogen and oxygen atoms in total. The van der Waals surface area contributed by atoms with Gasteiger partial charge in [-0.1, -0.05) is 30.3 Å². The van der Waals surface area contributed by atoms with Crippen LogP contribution >= 0.6 is 0 Å². The number of nitrogens with zero attached hydrogens (tertiary/aromatic N) is 3. The van der Waals surface area contributed by atoms with Gasteiger partial charge in [0.25, 0.3) is 0 Å². The third-order valence-corrected chi connectivity index (χ3v) is 5.32. The number of hydrogen-bond acceptors (Lipinski definition) is 4. The summed E-state index contributed by atoms with van der Waals surface area (Å²) in [5.41, 5.74) is 4.13. The summed E-state index contributed by atoms with van der Waals surface area (Å²) in [4.78, 5) is 17.7. The van der Waals surface area contributed by atoms with E-state index in [9.17, 15) is 4.79 Å². The van der Waals surface area contributed by atoms with Gasteiger partial charge in [0.15, 0.2) is 0 Å². The van der Waals surface area contributed by atoms with Crippen molar-refractivity contribution in [3.8, 4) is 0 Å². The second-order valence-electron chi connectivity index (χ2n) is 7.00. The van der Waals surface area contributed by atoms with E-state index in [-0.39, 0.29) is 17.9 Å². The monoisotopic (exact) mass is 341 g/mol. The predicted octanol–water partition coefficient (Wildman–Crippen LogP) is 3.65. The SMILES string of the molecule is CC[C@@H]1CN(C)c2ccccc2CN1C(=O)[C@@H](C)c1c(C)noc1C. The molecule has 0 saturated carbocycles. The van der Waals surface area contributed by atoms with Gasteiger partial charge in [0.2, 0.25) is 5.91 Å². The minimum absolute atomic E-state index is 0.145. The molecule has 1 aliphatic rings. The van der Waals surface area contributed by atoms with Crippen LogP contribution in [-0.2, 0) is 11.3 Å². The smallest absolute Gasteiger partial charge is 0.230 e. The normalized spacial score (nSPS) is 18.7. The van der Waals surface area contributed by atoms with Crippen molar-refractivity contribution in [1.29, 1.82) is 0 Å². The zero-order chi connectivity index (χ0) is 18.1. The second-order valence-corrected chi connectivity index (χ2v) is 7.00. The summed E-state index contributed by atoms with van der Waals surface area (Å²) in [5.74, 6) is 0.626. The van der Waals surface area contributed by atoms with Crippen LogP contribution in [0.15, 0.2) is 28.8 Å². The maximum Gasteiger partial charge on any atom is 0.230 e. The molecule has 2 atom stereocenters. The summed E-state index contributed by atoms with van der Waals surface area (Å²) in [7, 11) is 2.10. The fourth-order valence-electron chi connectivity index (χ4n) is 3.93. The van der Waals surface area contributed by atoms with Crippen LogP contribution in [0.4, 0.5) is 5.69 Å². The molecule has 3 rings (SSSR count). The Kier molecular flexibility index (Phi) is 4.84. The number of anilines is 1. The number of benzene rings is 1. The summed E-state index contributed by atoms with van der Waals surface area (Å²) in [5, 5.41) is 4.02. The zero-order valence-electron chi connectivity index (χ0n) is 15.7. The van der Waals surface area contributed by atoms with Crippen molar-refractivity contribution < 1.29 is 9.32 Å². The van der Waals surface area contributed by atoms with Crippen molar-refractivity contribution in [3.63, 3.8) is 0 Å². The number of para-hydroxylation sites is 1. The standard InChI is InChI=1S/C20H27N3O2/c1-6-17-12-22(5)18-10-8-7-9-16(18)11-23(17)20(24)13(2)19-14(3)21-25-15(19)4/h7-10,13,17H,6,11-12H2,1-5H3/t13-,17+/m0/s1. The fraction of sp³-hybridized carbons (Fsp3) is 0.500. The number of fused-ring (bicyclic) bond motifs is 1. The lowest BCUT2D eigenvalue weighted by atomic mass is 9.96. The van der Waals surface area contributed by atoms with Crippen molar-refractivity contribution >= 4 is 11.6 Å². The Labute approximate surface area is 149 Å². The molecule has 0 saturated heterocycles. The van der Waals surface area contributed by atoms with Crippen molar-refractivity contribution in [2.75, 3.05) is 18.5 Å². The highest BCUT2D eigenvalue weighted by Crippen LogP contribution is 2.31. The maximum absolute atomic E-state index is 13.4. The van der Waals surface area contributed by atoms with E-state index in [0.717, 1.165) is 30.0 Å². The Morgan fingerprint density at radius 3 is 2.72 bits per heavy atom. The number of amides is 1. The van der Waals surface area contributed by atoms with Gasteiger partial charge in [-0.05, 0) is 38.8 Å². The number of carbonyl (C=O) groups excluding carboxylic acids is 1. The molecule has 1 aromatic heterocycles. The van der Waals surface area contributed by atoms with Gasteiger partial charge in [-0.3, -0.25) is 4.79 Å². The zero-order valence-corrected chi connectivity index (χ0v) is 15.7. The maximum atomic E-state index is 13.4. The largest absolute Gasteiger partial charge is 0.372 e. The molecule has 5 heteroatoms. The predicted molar refractivity (Wildman–Crippen MR) is 98.7 cm³/mol. The van der Waals surface area contributed by atoms with Crippen LogP contribution < -0.4 is 4.90 Å². The van der Waals surface area contributed by atoms with Crippen LogP contribution in [0.25, 0.3) is 0 Å². The molecule has 1 aromatic carbocycles. The third kappa shape index (κ3) is 3.15. The number of likely N-dealkylation sites (N-methyl/N-ethyl adjacent to an activating group) is 1. The average molecular weight is 341 g/mol. The molecule has 0 aliphatic carbocycles. The number of rotatable bonds is 3. The lowest BCUT2D eigenvalue weighted by Gasteiger charge is -2.32. The van der Waals surface area contributed by atoms with Crippen LogP contribution in [0.1, 0.15) is 48.8 Å². The minimum atomic E-state index is -0.254. The van der Waals surface area contributed by atoms with E-state index in [1.54, 1.807) is 0 Å². The van der Waals surface area contributed by atoms with Gasteiger partial charge in [0.05, 0.1) is 11.6 Å². The number of hydrogen-bond donors (Lipinski definition) is 0. The minimum Gasteiger partial charge on any atom is -0.372 e. The third-order valence-electron chi connectivity index (χ3n) is 5.32. The molecule has 0 spiro atoms. The fourth-order valence-corrected chi connectivity index (χ4v) is 3.93. The summed E-state index contributed by atoms with van der Waals surface area (Å²) in [6.45, 7) is 9.37. The first-order valence-corrected chi connectivity index (χ1v) is 8.96. The van der Waals surface area contributed by atoms with E-state index in [2.05, 4.69) is 42.2 Å². The number of aromatic nitrogens is 1. The molecule has 0 radical (unpaired) electrons. The summed E-state index contributed by atoms with van der Waals surface area (Å²) in [6, 6.07) is 8.53. The van der Waals surface area contributed by atoms with E-state index in [4.69, 9.17) is 4.52 Å². The molecule has 1 aliphatic heterocycles. The summed E-state index contributed by atoms with van der Waals surface area (Å²) in [6.07, 6.45) is 0.929. The molecule has 25 heavy (non-hydrogen) atoms. The molecule has 1 amide bonds. The molecule has 2 aromatic rings. The Bertz CT molecular complexity index is 749. The van der Waals surface area contributed by atoms with Crippen LogP contribution in [0.5, 0.6) is 0 Å². The first kappa shape index (κ1) is 17.5. The Morgan fingerprint density at radius 2 is 2.08 bits per heavy atom. The van der Waals surface area contributed by atoms with Crippen molar-refractivity contribution in [3.05, 3.63) is 46.8 Å². The van der Waals surface area contributed by atoms with Gasteiger partial charge < -0.3 is 14.3 Å². The molecular formula is C20H27N3O2. The summed E-state index contributed by atoms with van der Waals surface area (Å²) >= 11 is 0. The van der Waals surface area contributed by atoms with E-state index < -0.39 is 0 Å². The molecule has 2 heterocycles. The molecule has 134 valence electrons. The molecule has 0 fully saturated rings. The van der Waals surface area contributed by atoms with Crippen molar-refractivity contribution in [1.82, 2.24) is 10.1 Å². The lowest BCUT2D eigenvalue weighted by Crippen LogP contribution is -2.45. The Balaban J connectivity index is 1.95. The highest BCUT2D eigenvalue weighted by Gasteiger charge is 2.33. The van der Waals surface area contributed by atoms with Gasteiger partial charge in [0.1, 0.15) is 5.76 Å². The lowest BCUT2D eigenvalue weighted by molar-refractivity contribution is -0.135. The molecule has 0 N–H and O–H groups in total. The van der Waals surface area contributed by atoms with E-state index in [1.165, 1.54) is 11.3 Å². The highest BCUT2D eigenvalue weighted by atomic mass is 16.5. The molecule has 0 bridgehead atoms. The molecular weight excluding hydrogens is 314 g/mol. The van der Waals surface area contributed by atoms with Crippen molar-refractivity contribution in [2.45, 2.75) is 52.6 Å². The number of aryl methyl sites for hydroxylation is 2. The van der Waals surface area contributed by atoms with Gasteiger partial charge >= 0.3 is 0 Å². The van der Waals surface area contributed by atoms with E-state index in [0.29, 0.717) is 6.54 Å². The van der Waals surface area contributed by atoms with E-state index in [1.807, 2.05) is 31.7 Å². The Hall–Kier alpha value is -2.30. The van der Waals surface area contributed by atoms with Crippen LogP contribution in [0.2, 0.25) is 0 Å². The Morgan fingerprint density at radius 1 is 1.36 bits per heavy atom. The highest BCUT2D eigenvalue weighted by molar-refractivity contribution is 5.84. The first-order chi connectivity index (χ1) is 11.9. The average Bonchev–Trinajstić information content (AvgIpc) is 2.86. The van der Waals surface area contributed by atoms with Gasteiger partial charge in [-0.25, -0.2) is 0 Å². The second kappa shape index (κ2) is 6.90. The van der Waals surface area contributed by atoms with Crippen molar-refractivity contribution in [2.24, 2.45) is 0 Å². The first-order valence-electron chi connectivity index (χ1n) is 8.96. The number of carbonyl (C=O) groups is 1. The van der Waals surface area contributed by atoms with Gasteiger partial charge in [-0.2, -0.15) is 0 Å². The quantitative estimate of drug-likeness (QED) is 0.855. The topological polar surface area (TPSA) is 49.6 Å². The van der Waals surface area contributed by atoms with Gasteiger partial charge in [0, 0.05) is 37.4 Å². The summed E-state index contributed by atoms with van der Waals surface area (Å²) < 4.78 is 5.28. The van der Waals surface area contributed by atoms with Crippen LogP contribution in [0, 0.1) is 13.8 Å². The molecule has 0 unspecified atom stereocenters. The van der Waals surface area contributed by atoms with Crippen LogP contribution in [-0.4, -0.2) is 35.6 Å².